The fourth-order valence-electron chi connectivity index (χ4n) is 3.26. The maximum Gasteiger partial charge on any atom is 0.244 e. The number of carbonyl (C=O) groups is 1. The largest absolute Gasteiger partial charge is 0.497 e. The van der Waals surface area contributed by atoms with Crippen LogP contribution in [0.5, 0.6) is 11.5 Å². The van der Waals surface area contributed by atoms with Crippen LogP contribution in [0.15, 0.2) is 24.3 Å². The number of ether oxygens (including phenoxy) is 2. The van der Waals surface area contributed by atoms with Crippen LogP contribution in [0.25, 0.3) is 6.08 Å². The number of hydrogen-bond acceptors (Lipinski definition) is 5. The summed E-state index contributed by atoms with van der Waals surface area (Å²) in [6.07, 6.45) is 4.97. The van der Waals surface area contributed by atoms with E-state index in [0.29, 0.717) is 24.0 Å². The molecule has 1 aliphatic rings. The van der Waals surface area contributed by atoms with E-state index in [0.717, 1.165) is 30.1 Å². The molecule has 0 fully saturated rings. The first-order valence-electron chi connectivity index (χ1n) is 9.14. The fraction of sp³-hybridized carbons (Fsp3) is 0.450. The van der Waals surface area contributed by atoms with E-state index in [1.807, 2.05) is 12.1 Å². The third-order valence-corrected chi connectivity index (χ3v) is 4.69. The number of aromatic nitrogens is 3. The number of aryl methyl sites for hydroxylation is 1. The van der Waals surface area contributed by atoms with Crippen molar-refractivity contribution in [3.63, 3.8) is 0 Å². The molecule has 0 bridgehead atoms. The number of nitrogens with zero attached hydrogens (tertiary/aromatic N) is 3. The van der Waals surface area contributed by atoms with Gasteiger partial charge in [-0.3, -0.25) is 4.79 Å². The monoisotopic (exact) mass is 370 g/mol. The summed E-state index contributed by atoms with van der Waals surface area (Å²) in [5.74, 6) is 3.53. The predicted molar refractivity (Wildman–Crippen MR) is 103 cm³/mol. The minimum atomic E-state index is -0.125. The fourth-order valence-corrected chi connectivity index (χ4v) is 3.26. The molecular weight excluding hydrogens is 344 g/mol. The van der Waals surface area contributed by atoms with E-state index in [-0.39, 0.29) is 11.9 Å². The Morgan fingerprint density at radius 1 is 1.30 bits per heavy atom. The van der Waals surface area contributed by atoms with Gasteiger partial charge in [0.05, 0.1) is 14.2 Å². The number of benzene rings is 1. The van der Waals surface area contributed by atoms with Crippen LogP contribution in [0.4, 0.5) is 0 Å². The van der Waals surface area contributed by atoms with E-state index in [1.54, 1.807) is 26.4 Å². The van der Waals surface area contributed by atoms with Gasteiger partial charge in [-0.2, -0.15) is 0 Å². The van der Waals surface area contributed by atoms with Gasteiger partial charge in [0, 0.05) is 42.6 Å². The molecule has 1 amide bonds. The maximum atomic E-state index is 12.4. The highest BCUT2D eigenvalue weighted by molar-refractivity contribution is 5.92. The Morgan fingerprint density at radius 3 is 2.81 bits per heavy atom. The summed E-state index contributed by atoms with van der Waals surface area (Å²) < 4.78 is 12.7. The van der Waals surface area contributed by atoms with Gasteiger partial charge in [-0.15, -0.1) is 10.2 Å². The Labute approximate surface area is 159 Å². The lowest BCUT2D eigenvalue weighted by atomic mass is 10.1. The molecule has 0 aliphatic carbocycles. The summed E-state index contributed by atoms with van der Waals surface area (Å²) in [6.45, 7) is 4.91. The van der Waals surface area contributed by atoms with Crippen molar-refractivity contribution in [3.8, 4) is 11.5 Å². The topological polar surface area (TPSA) is 78.3 Å². The van der Waals surface area contributed by atoms with Crippen molar-refractivity contribution in [3.05, 3.63) is 41.5 Å². The third-order valence-electron chi connectivity index (χ3n) is 4.69. The van der Waals surface area contributed by atoms with E-state index in [4.69, 9.17) is 9.47 Å². The standard InChI is InChI=1S/C20H26N4O3/c1-13(2)20-23-22-18-9-7-15(12-24(18)20)21-19(25)10-6-14-5-8-16(26-3)11-17(14)27-4/h5-6,8,10-11,13,15H,7,9,12H2,1-4H3,(H,21,25)/b10-6+. The molecule has 1 atom stereocenters. The van der Waals surface area contributed by atoms with Crippen LogP contribution in [-0.2, 0) is 17.8 Å². The Morgan fingerprint density at radius 2 is 2.11 bits per heavy atom. The SMILES string of the molecule is COc1ccc(/C=C/C(=O)NC2CCc3nnc(C(C)C)n3C2)c(OC)c1. The van der Waals surface area contributed by atoms with E-state index in [2.05, 4.69) is 33.9 Å². The second-order valence-electron chi connectivity index (χ2n) is 6.93. The number of nitrogens with one attached hydrogen (secondary N) is 1. The Balaban J connectivity index is 1.64. The van der Waals surface area contributed by atoms with Gasteiger partial charge in [0.25, 0.3) is 0 Å². The number of carbonyl (C=O) groups excluding carboxylic acids is 1. The predicted octanol–water partition coefficient (Wildman–Crippen LogP) is 2.56. The van der Waals surface area contributed by atoms with Gasteiger partial charge < -0.3 is 19.4 Å². The van der Waals surface area contributed by atoms with Crippen molar-refractivity contribution < 1.29 is 14.3 Å². The summed E-state index contributed by atoms with van der Waals surface area (Å²) in [4.78, 5) is 12.4. The molecule has 0 spiro atoms. The molecule has 3 rings (SSSR count). The Hall–Kier alpha value is -2.83. The van der Waals surface area contributed by atoms with Crippen molar-refractivity contribution in [2.24, 2.45) is 0 Å². The first-order chi connectivity index (χ1) is 13.0. The zero-order valence-electron chi connectivity index (χ0n) is 16.2. The van der Waals surface area contributed by atoms with Gasteiger partial charge in [-0.1, -0.05) is 13.8 Å². The van der Waals surface area contributed by atoms with Crippen LogP contribution in [-0.4, -0.2) is 40.9 Å². The second kappa shape index (κ2) is 8.24. The number of hydrogen-bond donors (Lipinski definition) is 1. The number of fused-ring (bicyclic) bond motifs is 1. The third kappa shape index (κ3) is 4.30. The first kappa shape index (κ1) is 18.9. The molecule has 7 heteroatoms. The van der Waals surface area contributed by atoms with Gasteiger partial charge in [-0.05, 0) is 24.6 Å². The van der Waals surface area contributed by atoms with Crippen molar-refractivity contribution in [1.82, 2.24) is 20.1 Å². The molecule has 0 radical (unpaired) electrons. The van der Waals surface area contributed by atoms with Crippen molar-refractivity contribution in [2.75, 3.05) is 14.2 Å². The zero-order chi connectivity index (χ0) is 19.4. The molecule has 1 aromatic heterocycles. The molecule has 1 unspecified atom stereocenters. The molecular formula is C20H26N4O3. The van der Waals surface area contributed by atoms with Gasteiger partial charge in [0.1, 0.15) is 23.1 Å². The van der Waals surface area contributed by atoms with Crippen LogP contribution >= 0.6 is 0 Å². The van der Waals surface area contributed by atoms with E-state index in [9.17, 15) is 4.79 Å². The highest BCUT2D eigenvalue weighted by Crippen LogP contribution is 2.25. The Kier molecular flexibility index (Phi) is 5.78. The van der Waals surface area contributed by atoms with Gasteiger partial charge >= 0.3 is 0 Å². The van der Waals surface area contributed by atoms with Crippen LogP contribution in [0.1, 0.15) is 43.4 Å². The molecule has 144 valence electrons. The second-order valence-corrected chi connectivity index (χ2v) is 6.93. The lowest BCUT2D eigenvalue weighted by molar-refractivity contribution is -0.117. The highest BCUT2D eigenvalue weighted by Gasteiger charge is 2.24. The molecule has 2 heterocycles. The summed E-state index contributed by atoms with van der Waals surface area (Å²) in [5, 5.41) is 11.6. The minimum absolute atomic E-state index is 0.0703. The van der Waals surface area contributed by atoms with E-state index in [1.165, 1.54) is 6.08 Å². The van der Waals surface area contributed by atoms with E-state index < -0.39 is 0 Å². The summed E-state index contributed by atoms with van der Waals surface area (Å²) in [6, 6.07) is 5.56. The zero-order valence-corrected chi connectivity index (χ0v) is 16.2. The van der Waals surface area contributed by atoms with Crippen molar-refractivity contribution >= 4 is 12.0 Å². The number of amides is 1. The van der Waals surface area contributed by atoms with Crippen LogP contribution in [0.2, 0.25) is 0 Å². The lowest BCUT2D eigenvalue weighted by Crippen LogP contribution is -2.40. The first-order valence-corrected chi connectivity index (χ1v) is 9.14. The highest BCUT2D eigenvalue weighted by atomic mass is 16.5. The molecule has 0 saturated carbocycles. The maximum absolute atomic E-state index is 12.4. The smallest absolute Gasteiger partial charge is 0.244 e. The summed E-state index contributed by atoms with van der Waals surface area (Å²) in [5.41, 5.74) is 0.820. The minimum Gasteiger partial charge on any atom is -0.497 e. The molecule has 1 aromatic carbocycles. The van der Waals surface area contributed by atoms with E-state index >= 15 is 0 Å². The number of rotatable bonds is 6. The van der Waals surface area contributed by atoms with Gasteiger partial charge in [0.15, 0.2) is 0 Å². The molecule has 2 aromatic rings. The Bertz CT molecular complexity index is 842. The van der Waals surface area contributed by atoms with Crippen molar-refractivity contribution in [1.29, 1.82) is 0 Å². The lowest BCUT2D eigenvalue weighted by Gasteiger charge is -2.25. The average Bonchev–Trinajstić information content (AvgIpc) is 3.09. The molecule has 1 aliphatic heterocycles. The molecule has 0 saturated heterocycles. The molecule has 7 nitrogen and oxygen atoms in total. The van der Waals surface area contributed by atoms with Crippen LogP contribution < -0.4 is 14.8 Å². The number of methoxy groups -OCH3 is 2. The molecule has 27 heavy (non-hydrogen) atoms. The summed E-state index contributed by atoms with van der Waals surface area (Å²) >= 11 is 0. The average molecular weight is 370 g/mol. The summed E-state index contributed by atoms with van der Waals surface area (Å²) in [7, 11) is 3.20. The van der Waals surface area contributed by atoms with Crippen molar-refractivity contribution in [2.45, 2.75) is 45.2 Å². The van der Waals surface area contributed by atoms with Crippen LogP contribution in [0, 0.1) is 0 Å². The normalized spacial score (nSPS) is 16.4. The quantitative estimate of drug-likeness (QED) is 0.791. The van der Waals surface area contributed by atoms with Crippen LogP contribution in [0.3, 0.4) is 0 Å². The molecule has 1 N–H and O–H groups in total. The van der Waals surface area contributed by atoms with Gasteiger partial charge in [-0.25, -0.2) is 0 Å². The van der Waals surface area contributed by atoms with Gasteiger partial charge in [0.2, 0.25) is 5.91 Å².